The van der Waals surface area contributed by atoms with E-state index in [1.165, 1.54) is 18.7 Å². The summed E-state index contributed by atoms with van der Waals surface area (Å²) < 4.78 is 0. The number of hydrogen-bond donors (Lipinski definition) is 3. The van der Waals surface area contributed by atoms with Gasteiger partial charge in [-0.25, -0.2) is 4.79 Å². The standard InChI is InChI=1S/C18H19N3O3S/c1-13(22)20-15-7-9-16(10-8-15)25-12-17(23)21-18(24)19-11-14-5-3-2-4-6-14/h2-10H,11-12H2,1H3,(H,20,22)(H2,19,21,23,24). The third kappa shape index (κ3) is 7.09. The van der Waals surface area contributed by atoms with Gasteiger partial charge in [0, 0.05) is 24.1 Å². The van der Waals surface area contributed by atoms with E-state index in [2.05, 4.69) is 16.0 Å². The number of urea groups is 1. The number of amides is 4. The van der Waals surface area contributed by atoms with Crippen LogP contribution >= 0.6 is 11.8 Å². The first-order chi connectivity index (χ1) is 12.0. The molecule has 2 rings (SSSR count). The number of benzene rings is 2. The Morgan fingerprint density at radius 2 is 1.64 bits per heavy atom. The van der Waals surface area contributed by atoms with E-state index in [-0.39, 0.29) is 17.6 Å². The van der Waals surface area contributed by atoms with Crippen molar-refractivity contribution in [2.24, 2.45) is 0 Å². The van der Waals surface area contributed by atoms with Crippen molar-refractivity contribution in [3.63, 3.8) is 0 Å². The summed E-state index contributed by atoms with van der Waals surface area (Å²) in [6.07, 6.45) is 0. The lowest BCUT2D eigenvalue weighted by Gasteiger charge is -2.07. The minimum absolute atomic E-state index is 0.123. The molecule has 0 saturated carbocycles. The maximum atomic E-state index is 11.8. The van der Waals surface area contributed by atoms with E-state index in [0.717, 1.165) is 10.5 Å². The number of nitrogens with one attached hydrogen (secondary N) is 3. The van der Waals surface area contributed by atoms with Crippen molar-refractivity contribution < 1.29 is 14.4 Å². The highest BCUT2D eigenvalue weighted by Crippen LogP contribution is 2.20. The van der Waals surface area contributed by atoms with Crippen LogP contribution in [0.2, 0.25) is 0 Å². The predicted molar refractivity (Wildman–Crippen MR) is 98.3 cm³/mol. The molecule has 130 valence electrons. The largest absolute Gasteiger partial charge is 0.334 e. The van der Waals surface area contributed by atoms with Crippen LogP contribution in [0.4, 0.5) is 10.5 Å². The quantitative estimate of drug-likeness (QED) is 0.694. The van der Waals surface area contributed by atoms with E-state index >= 15 is 0 Å². The van der Waals surface area contributed by atoms with Gasteiger partial charge in [-0.05, 0) is 29.8 Å². The van der Waals surface area contributed by atoms with Gasteiger partial charge in [-0.3, -0.25) is 14.9 Å². The minimum Gasteiger partial charge on any atom is -0.334 e. The molecule has 0 unspecified atom stereocenters. The molecule has 7 heteroatoms. The first kappa shape index (κ1) is 18.5. The van der Waals surface area contributed by atoms with Crippen molar-refractivity contribution in [2.45, 2.75) is 18.4 Å². The van der Waals surface area contributed by atoms with E-state index in [1.807, 2.05) is 30.3 Å². The van der Waals surface area contributed by atoms with Gasteiger partial charge in [0.15, 0.2) is 0 Å². The van der Waals surface area contributed by atoms with Crippen molar-refractivity contribution in [3.8, 4) is 0 Å². The van der Waals surface area contributed by atoms with Gasteiger partial charge in [-0.15, -0.1) is 11.8 Å². The zero-order chi connectivity index (χ0) is 18.1. The van der Waals surface area contributed by atoms with Crippen LogP contribution in [0.15, 0.2) is 59.5 Å². The maximum absolute atomic E-state index is 11.8. The molecule has 0 bridgehead atoms. The Morgan fingerprint density at radius 1 is 0.960 bits per heavy atom. The highest BCUT2D eigenvalue weighted by Gasteiger charge is 2.08. The molecular weight excluding hydrogens is 338 g/mol. The molecule has 0 saturated heterocycles. The molecule has 0 aliphatic rings. The number of imide groups is 1. The van der Waals surface area contributed by atoms with Crippen LogP contribution < -0.4 is 16.0 Å². The van der Waals surface area contributed by atoms with Crippen molar-refractivity contribution in [1.29, 1.82) is 0 Å². The summed E-state index contributed by atoms with van der Waals surface area (Å²) in [5.41, 5.74) is 1.65. The lowest BCUT2D eigenvalue weighted by Crippen LogP contribution is -2.39. The number of carbonyl (C=O) groups excluding carboxylic acids is 3. The van der Waals surface area contributed by atoms with E-state index in [4.69, 9.17) is 0 Å². The highest BCUT2D eigenvalue weighted by molar-refractivity contribution is 8.00. The van der Waals surface area contributed by atoms with Gasteiger partial charge in [0.2, 0.25) is 11.8 Å². The predicted octanol–water partition coefficient (Wildman–Crippen LogP) is 2.76. The molecule has 0 fully saturated rings. The SMILES string of the molecule is CC(=O)Nc1ccc(SCC(=O)NC(=O)NCc2ccccc2)cc1. The summed E-state index contributed by atoms with van der Waals surface area (Å²) in [6.45, 7) is 1.80. The monoisotopic (exact) mass is 357 g/mol. The van der Waals surface area contributed by atoms with E-state index in [0.29, 0.717) is 12.2 Å². The fourth-order valence-electron chi connectivity index (χ4n) is 1.97. The Morgan fingerprint density at radius 3 is 2.28 bits per heavy atom. The second-order valence-corrected chi connectivity index (χ2v) is 6.26. The summed E-state index contributed by atoms with van der Waals surface area (Å²) in [4.78, 5) is 35.3. The minimum atomic E-state index is -0.518. The van der Waals surface area contributed by atoms with Crippen LogP contribution in [-0.2, 0) is 16.1 Å². The zero-order valence-corrected chi connectivity index (χ0v) is 14.6. The van der Waals surface area contributed by atoms with Crippen molar-refractivity contribution >= 4 is 35.3 Å². The summed E-state index contributed by atoms with van der Waals surface area (Å²) >= 11 is 1.31. The van der Waals surface area contributed by atoms with Crippen LogP contribution in [0.3, 0.4) is 0 Å². The third-order valence-electron chi connectivity index (χ3n) is 3.09. The van der Waals surface area contributed by atoms with Gasteiger partial charge in [0.1, 0.15) is 0 Å². The average molecular weight is 357 g/mol. The number of hydrogen-bond acceptors (Lipinski definition) is 4. The first-order valence-electron chi connectivity index (χ1n) is 7.65. The molecular formula is C18H19N3O3S. The van der Waals surface area contributed by atoms with Crippen LogP contribution in [-0.4, -0.2) is 23.6 Å². The smallest absolute Gasteiger partial charge is 0.321 e. The second kappa shape index (κ2) is 9.48. The molecule has 0 radical (unpaired) electrons. The van der Waals surface area contributed by atoms with Crippen molar-refractivity contribution in [1.82, 2.24) is 10.6 Å². The third-order valence-corrected chi connectivity index (χ3v) is 4.11. The molecule has 3 N–H and O–H groups in total. The lowest BCUT2D eigenvalue weighted by atomic mass is 10.2. The fourth-order valence-corrected chi connectivity index (χ4v) is 2.67. The number of thioether (sulfide) groups is 1. The van der Waals surface area contributed by atoms with Gasteiger partial charge in [-0.1, -0.05) is 30.3 Å². The fraction of sp³-hybridized carbons (Fsp3) is 0.167. The van der Waals surface area contributed by atoms with Crippen molar-refractivity contribution in [2.75, 3.05) is 11.1 Å². The van der Waals surface area contributed by atoms with E-state index in [9.17, 15) is 14.4 Å². The molecule has 0 aliphatic carbocycles. The highest BCUT2D eigenvalue weighted by atomic mass is 32.2. The van der Waals surface area contributed by atoms with Crippen LogP contribution in [0, 0.1) is 0 Å². The molecule has 2 aromatic rings. The molecule has 0 heterocycles. The van der Waals surface area contributed by atoms with Gasteiger partial charge in [0.05, 0.1) is 5.75 Å². The number of anilines is 1. The summed E-state index contributed by atoms with van der Waals surface area (Å²) in [5, 5.41) is 7.59. The molecule has 2 aromatic carbocycles. The summed E-state index contributed by atoms with van der Waals surface area (Å²) in [5.74, 6) is -0.388. The number of carbonyl (C=O) groups is 3. The molecule has 0 aliphatic heterocycles. The van der Waals surface area contributed by atoms with E-state index in [1.54, 1.807) is 24.3 Å². The van der Waals surface area contributed by atoms with Crippen LogP contribution in [0.1, 0.15) is 12.5 Å². The number of rotatable bonds is 6. The molecule has 25 heavy (non-hydrogen) atoms. The average Bonchev–Trinajstić information content (AvgIpc) is 2.60. The van der Waals surface area contributed by atoms with Crippen LogP contribution in [0.5, 0.6) is 0 Å². The maximum Gasteiger partial charge on any atom is 0.321 e. The molecule has 6 nitrogen and oxygen atoms in total. The van der Waals surface area contributed by atoms with Gasteiger partial charge < -0.3 is 10.6 Å². The first-order valence-corrected chi connectivity index (χ1v) is 8.63. The normalized spacial score (nSPS) is 9.96. The molecule has 0 spiro atoms. The molecule has 4 amide bonds. The molecule has 0 atom stereocenters. The zero-order valence-electron chi connectivity index (χ0n) is 13.7. The van der Waals surface area contributed by atoms with Gasteiger partial charge >= 0.3 is 6.03 Å². The Hall–Kier alpha value is -2.80. The van der Waals surface area contributed by atoms with E-state index < -0.39 is 6.03 Å². The Balaban J connectivity index is 1.71. The topological polar surface area (TPSA) is 87.3 Å². The van der Waals surface area contributed by atoms with Crippen molar-refractivity contribution in [3.05, 3.63) is 60.2 Å². The summed E-state index contributed by atoms with van der Waals surface area (Å²) in [6, 6.07) is 16.1. The lowest BCUT2D eigenvalue weighted by molar-refractivity contribution is -0.117. The Kier molecular flexibility index (Phi) is 7.03. The van der Waals surface area contributed by atoms with Crippen LogP contribution in [0.25, 0.3) is 0 Å². The van der Waals surface area contributed by atoms with Gasteiger partial charge in [-0.2, -0.15) is 0 Å². The van der Waals surface area contributed by atoms with Gasteiger partial charge in [0.25, 0.3) is 0 Å². The second-order valence-electron chi connectivity index (χ2n) is 5.21. The molecule has 0 aromatic heterocycles. The Labute approximate surface area is 150 Å². The Bertz CT molecular complexity index is 733. The summed E-state index contributed by atoms with van der Waals surface area (Å²) in [7, 11) is 0.